The van der Waals surface area contributed by atoms with Crippen LogP contribution in [0.25, 0.3) is 11.1 Å². The van der Waals surface area contributed by atoms with E-state index in [1.54, 1.807) is 32.4 Å². The second-order valence-electron chi connectivity index (χ2n) is 4.23. The van der Waals surface area contributed by atoms with Crippen LogP contribution in [0.3, 0.4) is 0 Å². The van der Waals surface area contributed by atoms with Gasteiger partial charge in [-0.15, -0.1) is 0 Å². The molecule has 0 heterocycles. The molecular formula is C15H15ClFNO2. The smallest absolute Gasteiger partial charge is 0.161 e. The van der Waals surface area contributed by atoms with Crippen LogP contribution in [-0.4, -0.2) is 14.2 Å². The van der Waals surface area contributed by atoms with E-state index in [9.17, 15) is 4.39 Å². The molecule has 20 heavy (non-hydrogen) atoms. The van der Waals surface area contributed by atoms with Gasteiger partial charge in [0.15, 0.2) is 11.5 Å². The Hall–Kier alpha value is -1.78. The van der Waals surface area contributed by atoms with Crippen LogP contribution in [0, 0.1) is 5.82 Å². The summed E-state index contributed by atoms with van der Waals surface area (Å²) in [5.41, 5.74) is 8.00. The van der Waals surface area contributed by atoms with Gasteiger partial charge in [0.25, 0.3) is 0 Å². The molecule has 3 nitrogen and oxygen atoms in total. The number of ether oxygens (including phenoxy) is 2. The standard InChI is InChI=1S/C15H15ClFNO2/c1-19-14-5-10(8-18)13(7-15(14)20-2)9-3-11(16)6-12(17)4-9/h3-7H,8,18H2,1-2H3. The lowest BCUT2D eigenvalue weighted by molar-refractivity contribution is 0.354. The van der Waals surface area contributed by atoms with E-state index in [-0.39, 0.29) is 0 Å². The lowest BCUT2D eigenvalue weighted by Crippen LogP contribution is -2.01. The molecular weight excluding hydrogens is 281 g/mol. The second-order valence-corrected chi connectivity index (χ2v) is 4.66. The molecule has 0 aliphatic rings. The molecule has 0 aromatic heterocycles. The van der Waals surface area contributed by atoms with Crippen molar-refractivity contribution in [3.63, 3.8) is 0 Å². The van der Waals surface area contributed by atoms with Gasteiger partial charge in [0.1, 0.15) is 5.82 Å². The lowest BCUT2D eigenvalue weighted by Gasteiger charge is -2.14. The second kappa shape index (κ2) is 6.11. The minimum Gasteiger partial charge on any atom is -0.493 e. The molecule has 106 valence electrons. The normalized spacial score (nSPS) is 10.4. The van der Waals surface area contributed by atoms with Gasteiger partial charge in [0.2, 0.25) is 0 Å². The fourth-order valence-electron chi connectivity index (χ4n) is 2.07. The van der Waals surface area contributed by atoms with E-state index in [1.807, 2.05) is 0 Å². The summed E-state index contributed by atoms with van der Waals surface area (Å²) < 4.78 is 24.0. The minimum atomic E-state index is -0.398. The van der Waals surface area contributed by atoms with Gasteiger partial charge in [-0.1, -0.05) is 11.6 Å². The predicted octanol–water partition coefficient (Wildman–Crippen LogP) is 3.62. The van der Waals surface area contributed by atoms with Crippen LogP contribution in [0.2, 0.25) is 5.02 Å². The first-order valence-electron chi connectivity index (χ1n) is 6.00. The number of methoxy groups -OCH3 is 2. The Labute approximate surface area is 122 Å². The maximum atomic E-state index is 13.5. The lowest BCUT2D eigenvalue weighted by atomic mass is 9.98. The Morgan fingerprint density at radius 3 is 2.25 bits per heavy atom. The first-order valence-corrected chi connectivity index (χ1v) is 6.38. The van der Waals surface area contributed by atoms with Crippen LogP contribution < -0.4 is 15.2 Å². The number of halogens is 2. The van der Waals surface area contributed by atoms with Crippen LogP contribution in [0.1, 0.15) is 5.56 Å². The monoisotopic (exact) mass is 295 g/mol. The van der Waals surface area contributed by atoms with Gasteiger partial charge in [-0.05, 0) is 47.0 Å². The molecule has 0 unspecified atom stereocenters. The van der Waals surface area contributed by atoms with E-state index < -0.39 is 5.82 Å². The van der Waals surface area contributed by atoms with Crippen molar-refractivity contribution < 1.29 is 13.9 Å². The van der Waals surface area contributed by atoms with Crippen LogP contribution in [0.15, 0.2) is 30.3 Å². The quantitative estimate of drug-likeness (QED) is 0.937. The molecule has 0 amide bonds. The molecule has 0 saturated heterocycles. The van der Waals surface area contributed by atoms with Crippen molar-refractivity contribution in [3.05, 3.63) is 46.7 Å². The number of rotatable bonds is 4. The van der Waals surface area contributed by atoms with Crippen LogP contribution in [0.5, 0.6) is 11.5 Å². The van der Waals surface area contributed by atoms with E-state index >= 15 is 0 Å². The summed E-state index contributed by atoms with van der Waals surface area (Å²) in [6, 6.07) is 7.91. The summed E-state index contributed by atoms with van der Waals surface area (Å²) in [7, 11) is 3.10. The highest BCUT2D eigenvalue weighted by molar-refractivity contribution is 6.30. The number of nitrogens with two attached hydrogens (primary N) is 1. The van der Waals surface area contributed by atoms with Crippen LogP contribution >= 0.6 is 11.6 Å². The minimum absolute atomic E-state index is 0.295. The average molecular weight is 296 g/mol. The van der Waals surface area contributed by atoms with Crippen molar-refractivity contribution in [2.24, 2.45) is 5.73 Å². The molecule has 0 aliphatic carbocycles. The van der Waals surface area contributed by atoms with Gasteiger partial charge in [0.05, 0.1) is 14.2 Å². The molecule has 0 saturated carbocycles. The molecule has 0 fully saturated rings. The third kappa shape index (κ3) is 2.86. The van der Waals surface area contributed by atoms with Crippen molar-refractivity contribution in [1.29, 1.82) is 0 Å². The topological polar surface area (TPSA) is 44.5 Å². The SMILES string of the molecule is COc1cc(CN)c(-c2cc(F)cc(Cl)c2)cc1OC. The van der Waals surface area contributed by atoms with Gasteiger partial charge in [0, 0.05) is 11.6 Å². The van der Waals surface area contributed by atoms with Gasteiger partial charge in [-0.3, -0.25) is 0 Å². The van der Waals surface area contributed by atoms with Crippen LogP contribution in [0.4, 0.5) is 4.39 Å². The summed E-state index contributed by atoms with van der Waals surface area (Å²) in [5.74, 6) is 0.740. The highest BCUT2D eigenvalue weighted by atomic mass is 35.5. The molecule has 0 bridgehead atoms. The number of hydrogen-bond acceptors (Lipinski definition) is 3. The fourth-order valence-corrected chi connectivity index (χ4v) is 2.29. The highest BCUT2D eigenvalue weighted by Crippen LogP contribution is 2.36. The molecule has 0 radical (unpaired) electrons. The van der Waals surface area contributed by atoms with Crippen molar-refractivity contribution >= 4 is 11.6 Å². The van der Waals surface area contributed by atoms with E-state index in [0.717, 1.165) is 11.1 Å². The third-order valence-corrected chi connectivity index (χ3v) is 3.22. The molecule has 2 rings (SSSR count). The van der Waals surface area contributed by atoms with Crippen molar-refractivity contribution in [2.75, 3.05) is 14.2 Å². The largest absolute Gasteiger partial charge is 0.493 e. The van der Waals surface area contributed by atoms with Gasteiger partial charge in [-0.25, -0.2) is 4.39 Å². The maximum absolute atomic E-state index is 13.5. The van der Waals surface area contributed by atoms with Crippen molar-refractivity contribution in [2.45, 2.75) is 6.54 Å². The first-order chi connectivity index (χ1) is 9.58. The maximum Gasteiger partial charge on any atom is 0.161 e. The van der Waals surface area contributed by atoms with Crippen LogP contribution in [-0.2, 0) is 6.54 Å². The van der Waals surface area contributed by atoms with Gasteiger partial charge >= 0.3 is 0 Å². The first kappa shape index (κ1) is 14.6. The summed E-state index contributed by atoms with van der Waals surface area (Å²) in [4.78, 5) is 0. The molecule has 2 aromatic rings. The zero-order chi connectivity index (χ0) is 14.7. The molecule has 2 aromatic carbocycles. The Morgan fingerprint density at radius 2 is 1.70 bits per heavy atom. The molecule has 0 atom stereocenters. The fraction of sp³-hybridized carbons (Fsp3) is 0.200. The highest BCUT2D eigenvalue weighted by Gasteiger charge is 2.13. The molecule has 0 aliphatic heterocycles. The molecule has 5 heteroatoms. The summed E-state index contributed by atoms with van der Waals surface area (Å²) >= 11 is 5.90. The number of benzene rings is 2. The van der Waals surface area contributed by atoms with Gasteiger partial charge in [-0.2, -0.15) is 0 Å². The Balaban J connectivity index is 2.65. The zero-order valence-electron chi connectivity index (χ0n) is 11.2. The van der Waals surface area contributed by atoms with E-state index in [0.29, 0.717) is 28.6 Å². The van der Waals surface area contributed by atoms with Crippen molar-refractivity contribution in [3.8, 4) is 22.6 Å². The Morgan fingerprint density at radius 1 is 1.05 bits per heavy atom. The van der Waals surface area contributed by atoms with Gasteiger partial charge < -0.3 is 15.2 Å². The summed E-state index contributed by atoms with van der Waals surface area (Å²) in [5, 5.41) is 0.331. The molecule has 0 spiro atoms. The Bertz CT molecular complexity index is 611. The summed E-state index contributed by atoms with van der Waals surface area (Å²) in [6.45, 7) is 0.295. The third-order valence-electron chi connectivity index (χ3n) is 3.00. The zero-order valence-corrected chi connectivity index (χ0v) is 12.0. The molecule has 2 N–H and O–H groups in total. The number of hydrogen-bond donors (Lipinski definition) is 1. The van der Waals surface area contributed by atoms with E-state index in [1.165, 1.54) is 12.1 Å². The summed E-state index contributed by atoms with van der Waals surface area (Å²) in [6.07, 6.45) is 0. The predicted molar refractivity (Wildman–Crippen MR) is 77.8 cm³/mol. The van der Waals surface area contributed by atoms with E-state index in [2.05, 4.69) is 0 Å². The average Bonchev–Trinajstić information content (AvgIpc) is 2.44. The Kier molecular flexibility index (Phi) is 4.47. The van der Waals surface area contributed by atoms with E-state index in [4.69, 9.17) is 26.8 Å². The van der Waals surface area contributed by atoms with Crippen molar-refractivity contribution in [1.82, 2.24) is 0 Å².